The average Bonchev–Trinajstić information content (AvgIpc) is 2.91. The Hall–Kier alpha value is -2.43. The van der Waals surface area contributed by atoms with Crippen LogP contribution in [0, 0.1) is 0 Å². The summed E-state index contributed by atoms with van der Waals surface area (Å²) in [5.74, 6) is -0.365. The van der Waals surface area contributed by atoms with E-state index < -0.39 is 0 Å². The smallest absolute Gasteiger partial charge is 0.251 e. The van der Waals surface area contributed by atoms with Crippen molar-refractivity contribution in [3.63, 3.8) is 0 Å². The number of benzene rings is 1. The minimum Gasteiger partial charge on any atom is -0.355 e. The molecule has 0 unspecified atom stereocenters. The van der Waals surface area contributed by atoms with E-state index >= 15 is 0 Å². The Kier molecular flexibility index (Phi) is 3.00. The van der Waals surface area contributed by atoms with Gasteiger partial charge in [0.15, 0.2) is 5.82 Å². The van der Waals surface area contributed by atoms with Crippen LogP contribution in [0.25, 0.3) is 0 Å². The lowest BCUT2D eigenvalue weighted by Crippen LogP contribution is -2.21. The van der Waals surface area contributed by atoms with E-state index in [0.29, 0.717) is 11.1 Å². The lowest BCUT2D eigenvalue weighted by Gasteiger charge is -2.05. The maximum absolute atomic E-state index is 12.1. The summed E-state index contributed by atoms with van der Waals surface area (Å²) in [6, 6.07) is 6.64. The summed E-state index contributed by atoms with van der Waals surface area (Å²) in [5.41, 5.74) is 0.679. The number of H-pyrrole nitrogens is 1. The molecule has 0 saturated carbocycles. The van der Waals surface area contributed by atoms with Crippen LogP contribution in [0.5, 0.6) is 0 Å². The van der Waals surface area contributed by atoms with Gasteiger partial charge < -0.3 is 10.3 Å². The predicted molar refractivity (Wildman–Crippen MR) is 61.9 cm³/mol. The van der Waals surface area contributed by atoms with E-state index in [4.69, 9.17) is 0 Å². The highest BCUT2D eigenvalue weighted by atomic mass is 16.2. The summed E-state index contributed by atoms with van der Waals surface area (Å²) in [6.07, 6.45) is 3.06. The number of ketones is 1. The van der Waals surface area contributed by atoms with Crippen LogP contribution in [0.1, 0.15) is 26.5 Å². The number of aromatic amines is 1. The van der Waals surface area contributed by atoms with E-state index in [-0.39, 0.29) is 17.5 Å². The predicted octanol–water partition coefficient (Wildman–Crippen LogP) is 1.00. The normalized spacial score (nSPS) is 9.94. The van der Waals surface area contributed by atoms with E-state index in [2.05, 4.69) is 15.3 Å². The van der Waals surface area contributed by atoms with Crippen molar-refractivity contribution in [3.8, 4) is 0 Å². The lowest BCUT2D eigenvalue weighted by molar-refractivity contribution is 0.0949. The maximum Gasteiger partial charge on any atom is 0.251 e. The molecule has 17 heavy (non-hydrogen) atoms. The first-order valence-corrected chi connectivity index (χ1v) is 5.09. The zero-order valence-corrected chi connectivity index (χ0v) is 9.23. The standard InChI is InChI=1S/C12H11N3O2/c1-13-12(17)9-5-3-2-4-8(9)10(16)11-14-6-7-15-11/h2-7H,1H3,(H,13,17)(H,14,15). The molecule has 2 N–H and O–H groups in total. The van der Waals surface area contributed by atoms with E-state index in [1.54, 1.807) is 30.5 Å². The largest absolute Gasteiger partial charge is 0.355 e. The first-order chi connectivity index (χ1) is 8.24. The van der Waals surface area contributed by atoms with Crippen molar-refractivity contribution in [1.82, 2.24) is 15.3 Å². The van der Waals surface area contributed by atoms with Gasteiger partial charge in [-0.2, -0.15) is 0 Å². The highest BCUT2D eigenvalue weighted by Gasteiger charge is 2.18. The average molecular weight is 229 g/mol. The van der Waals surface area contributed by atoms with Crippen LogP contribution in [0.4, 0.5) is 0 Å². The molecule has 0 radical (unpaired) electrons. The number of imidazole rings is 1. The molecule has 5 nitrogen and oxygen atoms in total. The summed E-state index contributed by atoms with van der Waals surface area (Å²) < 4.78 is 0. The summed E-state index contributed by atoms with van der Waals surface area (Å²) >= 11 is 0. The number of aromatic nitrogens is 2. The van der Waals surface area contributed by atoms with Gasteiger partial charge >= 0.3 is 0 Å². The van der Waals surface area contributed by atoms with Crippen LogP contribution in [0.15, 0.2) is 36.7 Å². The van der Waals surface area contributed by atoms with Crippen molar-refractivity contribution >= 4 is 11.7 Å². The van der Waals surface area contributed by atoms with Gasteiger partial charge in [-0.15, -0.1) is 0 Å². The molecule has 1 amide bonds. The monoisotopic (exact) mass is 229 g/mol. The topological polar surface area (TPSA) is 74.8 Å². The van der Waals surface area contributed by atoms with E-state index in [0.717, 1.165) is 0 Å². The van der Waals surface area contributed by atoms with E-state index in [1.807, 2.05) is 0 Å². The number of carbonyl (C=O) groups excluding carboxylic acids is 2. The number of hydrogen-bond acceptors (Lipinski definition) is 3. The first-order valence-electron chi connectivity index (χ1n) is 5.09. The fourth-order valence-corrected chi connectivity index (χ4v) is 1.53. The van der Waals surface area contributed by atoms with Crippen molar-refractivity contribution in [3.05, 3.63) is 53.6 Å². The molecule has 0 spiro atoms. The Morgan fingerprint density at radius 2 is 1.94 bits per heavy atom. The molecule has 1 heterocycles. The molecule has 1 aromatic heterocycles. The molecule has 0 fully saturated rings. The third kappa shape index (κ3) is 2.08. The SMILES string of the molecule is CNC(=O)c1ccccc1C(=O)c1ncc[nH]1. The molecule has 1 aromatic carbocycles. The van der Waals surface area contributed by atoms with E-state index in [1.165, 1.54) is 13.2 Å². The van der Waals surface area contributed by atoms with Crippen molar-refractivity contribution in [1.29, 1.82) is 0 Å². The quantitative estimate of drug-likeness (QED) is 0.771. The third-order valence-corrected chi connectivity index (χ3v) is 2.36. The number of nitrogens with zero attached hydrogens (tertiary/aromatic N) is 1. The molecule has 0 aliphatic rings. The minimum atomic E-state index is -0.297. The van der Waals surface area contributed by atoms with Gasteiger partial charge in [0.1, 0.15) is 0 Å². The maximum atomic E-state index is 12.1. The van der Waals surface area contributed by atoms with Gasteiger partial charge in [0.2, 0.25) is 5.78 Å². The number of rotatable bonds is 3. The van der Waals surface area contributed by atoms with Crippen molar-refractivity contribution in [2.45, 2.75) is 0 Å². The molecule has 86 valence electrons. The Labute approximate surface area is 97.9 Å². The second-order valence-corrected chi connectivity index (χ2v) is 3.39. The Bertz CT molecular complexity index is 547. The van der Waals surface area contributed by atoms with Gasteiger partial charge in [0.05, 0.1) is 5.56 Å². The number of nitrogens with one attached hydrogen (secondary N) is 2. The first kappa shape index (κ1) is 11.1. The molecular formula is C12H11N3O2. The molecule has 0 atom stereocenters. The Balaban J connectivity index is 2.45. The van der Waals surface area contributed by atoms with Gasteiger partial charge in [-0.25, -0.2) is 4.98 Å². The molecule has 0 aliphatic carbocycles. The summed E-state index contributed by atoms with van der Waals surface area (Å²) in [7, 11) is 1.52. The molecule has 0 saturated heterocycles. The molecular weight excluding hydrogens is 218 g/mol. The molecule has 0 bridgehead atoms. The van der Waals surface area contributed by atoms with Gasteiger partial charge in [-0.3, -0.25) is 9.59 Å². The Morgan fingerprint density at radius 3 is 2.53 bits per heavy atom. The third-order valence-electron chi connectivity index (χ3n) is 2.36. The second kappa shape index (κ2) is 4.61. The molecule has 0 aliphatic heterocycles. The van der Waals surface area contributed by atoms with Crippen LogP contribution in [-0.2, 0) is 0 Å². The zero-order chi connectivity index (χ0) is 12.3. The van der Waals surface area contributed by atoms with Gasteiger partial charge in [0.25, 0.3) is 5.91 Å². The molecule has 5 heteroatoms. The van der Waals surface area contributed by atoms with E-state index in [9.17, 15) is 9.59 Å². The fraction of sp³-hybridized carbons (Fsp3) is 0.0833. The fourth-order valence-electron chi connectivity index (χ4n) is 1.53. The molecule has 2 rings (SSSR count). The van der Waals surface area contributed by atoms with Crippen LogP contribution < -0.4 is 5.32 Å². The van der Waals surface area contributed by atoms with Gasteiger partial charge in [-0.05, 0) is 6.07 Å². The summed E-state index contributed by atoms with van der Waals surface area (Å²) in [4.78, 5) is 30.3. The Morgan fingerprint density at radius 1 is 1.24 bits per heavy atom. The van der Waals surface area contributed by atoms with Crippen LogP contribution in [-0.4, -0.2) is 28.7 Å². The van der Waals surface area contributed by atoms with Crippen molar-refractivity contribution in [2.75, 3.05) is 7.05 Å². The highest BCUT2D eigenvalue weighted by Crippen LogP contribution is 2.12. The summed E-state index contributed by atoms with van der Waals surface area (Å²) in [5, 5.41) is 2.50. The number of amides is 1. The highest BCUT2D eigenvalue weighted by molar-refractivity contribution is 6.13. The minimum absolute atomic E-state index is 0.223. The molecule has 2 aromatic rings. The van der Waals surface area contributed by atoms with Crippen LogP contribution >= 0.6 is 0 Å². The van der Waals surface area contributed by atoms with Crippen molar-refractivity contribution < 1.29 is 9.59 Å². The zero-order valence-electron chi connectivity index (χ0n) is 9.23. The second-order valence-electron chi connectivity index (χ2n) is 3.39. The van der Waals surface area contributed by atoms with Crippen molar-refractivity contribution in [2.24, 2.45) is 0 Å². The van der Waals surface area contributed by atoms with Crippen LogP contribution in [0.3, 0.4) is 0 Å². The van der Waals surface area contributed by atoms with Crippen LogP contribution in [0.2, 0.25) is 0 Å². The van der Waals surface area contributed by atoms with Gasteiger partial charge in [-0.1, -0.05) is 18.2 Å². The van der Waals surface area contributed by atoms with Gasteiger partial charge in [0, 0.05) is 25.0 Å². The number of carbonyl (C=O) groups is 2. The number of hydrogen-bond donors (Lipinski definition) is 2. The summed E-state index contributed by atoms with van der Waals surface area (Å²) in [6.45, 7) is 0. The lowest BCUT2D eigenvalue weighted by atomic mass is 10.0.